The SMILES string of the molecule is Cc1c(-c2ccccc2)cc(-c2ccccc2)nc1-c1cc(-c2cc(-c3ccccc3)c(-c3ccccc3)c(-c3ccccc3)c2-c2ccccc2)cc(-c2c(-c3ccccc3)cccc2-c2ccccc2)c1. The summed E-state index contributed by atoms with van der Waals surface area (Å²) < 4.78 is 0. The van der Waals surface area contributed by atoms with Crippen LogP contribution in [0, 0.1) is 6.92 Å². The standard InChI is InChI=1S/C72H51N/c1-50-64(53-31-14-4-15-32-53)49-67(55-35-18-6-19-36-55)73-72(50)61-46-59(45-60(47-61)68-62(51-27-10-2-11-28-51)43-26-44-63(68)52-29-12-3-13-30-52)66-48-65(54-33-16-5-17-34-54)69(56-37-20-7-21-38-56)71(58-41-24-9-25-42-58)70(66)57-39-22-8-23-40-57/h2-49H,1H3. The van der Waals surface area contributed by atoms with Crippen LogP contribution in [0.3, 0.4) is 0 Å². The number of benzene rings is 11. The van der Waals surface area contributed by atoms with Gasteiger partial charge in [0.05, 0.1) is 11.4 Å². The zero-order valence-electron chi connectivity index (χ0n) is 40.7. The Hall–Kier alpha value is -9.43. The van der Waals surface area contributed by atoms with Crippen LogP contribution in [0.15, 0.2) is 291 Å². The molecule has 0 aliphatic rings. The van der Waals surface area contributed by atoms with E-state index in [-0.39, 0.29) is 0 Å². The second-order valence-electron chi connectivity index (χ2n) is 18.6. The highest BCUT2D eigenvalue weighted by atomic mass is 14.7. The minimum Gasteiger partial charge on any atom is -0.247 e. The molecule has 1 aromatic heterocycles. The van der Waals surface area contributed by atoms with Crippen molar-refractivity contribution in [1.29, 1.82) is 0 Å². The maximum Gasteiger partial charge on any atom is 0.0745 e. The van der Waals surface area contributed by atoms with Gasteiger partial charge in [0.25, 0.3) is 0 Å². The van der Waals surface area contributed by atoms with Crippen LogP contribution < -0.4 is 0 Å². The molecule has 0 aliphatic carbocycles. The lowest BCUT2D eigenvalue weighted by Gasteiger charge is -2.25. The molecule has 0 aliphatic heterocycles. The maximum atomic E-state index is 5.69. The molecule has 73 heavy (non-hydrogen) atoms. The van der Waals surface area contributed by atoms with E-state index in [4.69, 9.17) is 4.98 Å². The van der Waals surface area contributed by atoms with Gasteiger partial charge in [0.15, 0.2) is 0 Å². The molecule has 1 nitrogen and oxygen atoms in total. The van der Waals surface area contributed by atoms with E-state index in [0.29, 0.717) is 0 Å². The van der Waals surface area contributed by atoms with Gasteiger partial charge in [-0.3, -0.25) is 0 Å². The quantitative estimate of drug-likeness (QED) is 0.126. The molecule has 0 fully saturated rings. The Balaban J connectivity index is 1.26. The van der Waals surface area contributed by atoms with Gasteiger partial charge in [-0.25, -0.2) is 4.98 Å². The van der Waals surface area contributed by atoms with E-state index in [0.717, 1.165) is 112 Å². The lowest BCUT2D eigenvalue weighted by Crippen LogP contribution is -2.00. The number of aromatic nitrogens is 1. The topological polar surface area (TPSA) is 12.9 Å². The Kier molecular flexibility index (Phi) is 12.3. The van der Waals surface area contributed by atoms with E-state index in [1.165, 1.54) is 16.7 Å². The van der Waals surface area contributed by atoms with E-state index >= 15 is 0 Å². The second kappa shape index (κ2) is 20.1. The maximum absolute atomic E-state index is 5.69. The smallest absolute Gasteiger partial charge is 0.0745 e. The first-order valence-corrected chi connectivity index (χ1v) is 25.1. The van der Waals surface area contributed by atoms with Gasteiger partial charge in [-0.15, -0.1) is 0 Å². The average Bonchev–Trinajstić information content (AvgIpc) is 3.48. The second-order valence-corrected chi connectivity index (χ2v) is 18.6. The lowest BCUT2D eigenvalue weighted by molar-refractivity contribution is 1.27. The zero-order chi connectivity index (χ0) is 48.9. The van der Waals surface area contributed by atoms with Crippen molar-refractivity contribution in [1.82, 2.24) is 4.98 Å². The predicted octanol–water partition coefficient (Wildman–Crippen LogP) is 19.7. The summed E-state index contributed by atoms with van der Waals surface area (Å²) >= 11 is 0. The normalized spacial score (nSPS) is 11.1. The number of rotatable bonds is 11. The zero-order valence-corrected chi connectivity index (χ0v) is 40.7. The Morgan fingerprint density at radius 1 is 0.205 bits per heavy atom. The third kappa shape index (κ3) is 8.90. The fraction of sp³-hybridized carbons (Fsp3) is 0.0139. The highest BCUT2D eigenvalue weighted by molar-refractivity contribution is 6.08. The summed E-state index contributed by atoms with van der Waals surface area (Å²) in [5.74, 6) is 0. The molecule has 0 saturated heterocycles. The summed E-state index contributed by atoms with van der Waals surface area (Å²) in [4.78, 5) is 5.69. The minimum absolute atomic E-state index is 0.927. The highest BCUT2D eigenvalue weighted by Crippen LogP contribution is 2.52. The fourth-order valence-corrected chi connectivity index (χ4v) is 10.7. The molecule has 0 spiro atoms. The van der Waals surface area contributed by atoms with Gasteiger partial charge >= 0.3 is 0 Å². The molecule has 0 bridgehead atoms. The van der Waals surface area contributed by atoms with Crippen molar-refractivity contribution >= 4 is 0 Å². The van der Waals surface area contributed by atoms with Gasteiger partial charge < -0.3 is 0 Å². The largest absolute Gasteiger partial charge is 0.247 e. The van der Waals surface area contributed by atoms with Gasteiger partial charge in [-0.2, -0.15) is 0 Å². The molecule has 0 unspecified atom stereocenters. The summed E-state index contributed by atoms with van der Waals surface area (Å²) in [7, 11) is 0. The van der Waals surface area contributed by atoms with Gasteiger partial charge in [0.1, 0.15) is 0 Å². The Labute approximate surface area is 429 Å². The number of hydrogen-bond donors (Lipinski definition) is 0. The number of pyridine rings is 1. The van der Waals surface area contributed by atoms with E-state index in [1.807, 2.05) is 0 Å². The van der Waals surface area contributed by atoms with Crippen LogP contribution in [0.4, 0.5) is 0 Å². The van der Waals surface area contributed by atoms with Gasteiger partial charge in [-0.05, 0) is 143 Å². The summed E-state index contributed by atoms with van der Waals surface area (Å²) in [6.45, 7) is 2.24. The third-order valence-corrected chi connectivity index (χ3v) is 14.1. The molecule has 1 heterocycles. The molecule has 12 aromatic rings. The van der Waals surface area contributed by atoms with Crippen LogP contribution in [-0.2, 0) is 0 Å². The van der Waals surface area contributed by atoms with Crippen LogP contribution in [-0.4, -0.2) is 4.98 Å². The van der Waals surface area contributed by atoms with Crippen LogP contribution in [0.2, 0.25) is 0 Å². The molecule has 0 amide bonds. The molecule has 12 rings (SSSR count). The molecule has 0 radical (unpaired) electrons. The van der Waals surface area contributed by atoms with Crippen LogP contribution >= 0.6 is 0 Å². The van der Waals surface area contributed by atoms with E-state index in [1.54, 1.807) is 0 Å². The summed E-state index contributed by atoms with van der Waals surface area (Å²) in [5, 5.41) is 0. The average molecular weight is 930 g/mol. The summed E-state index contributed by atoms with van der Waals surface area (Å²) in [5.41, 5.74) is 25.8. The molecule has 1 heteroatoms. The number of hydrogen-bond acceptors (Lipinski definition) is 1. The van der Waals surface area contributed by atoms with Gasteiger partial charge in [0, 0.05) is 11.1 Å². The van der Waals surface area contributed by atoms with Crippen molar-refractivity contribution in [3.8, 4) is 123 Å². The van der Waals surface area contributed by atoms with Crippen LogP contribution in [0.1, 0.15) is 5.56 Å². The number of nitrogens with zero attached hydrogens (tertiary/aromatic N) is 1. The molecule has 11 aromatic carbocycles. The van der Waals surface area contributed by atoms with Crippen molar-refractivity contribution in [2.75, 3.05) is 0 Å². The molecule has 344 valence electrons. The molecule has 0 atom stereocenters. The Bertz CT molecular complexity index is 3780. The molecular formula is C72H51N. The molecule has 0 N–H and O–H groups in total. The summed E-state index contributed by atoms with van der Waals surface area (Å²) in [6.07, 6.45) is 0. The van der Waals surface area contributed by atoms with Crippen LogP contribution in [0.25, 0.3) is 123 Å². The predicted molar refractivity (Wildman–Crippen MR) is 309 cm³/mol. The minimum atomic E-state index is 0.927. The first-order valence-electron chi connectivity index (χ1n) is 25.1. The van der Waals surface area contributed by atoms with Crippen molar-refractivity contribution in [3.05, 3.63) is 297 Å². The van der Waals surface area contributed by atoms with Gasteiger partial charge in [-0.1, -0.05) is 261 Å². The summed E-state index contributed by atoms with van der Waals surface area (Å²) in [6, 6.07) is 106. The molecule has 0 saturated carbocycles. The van der Waals surface area contributed by atoms with Crippen molar-refractivity contribution < 1.29 is 0 Å². The van der Waals surface area contributed by atoms with E-state index < -0.39 is 0 Å². The third-order valence-electron chi connectivity index (χ3n) is 14.1. The first kappa shape index (κ1) is 44.8. The van der Waals surface area contributed by atoms with Crippen LogP contribution in [0.5, 0.6) is 0 Å². The van der Waals surface area contributed by atoms with Crippen molar-refractivity contribution in [2.45, 2.75) is 6.92 Å². The van der Waals surface area contributed by atoms with Gasteiger partial charge in [0.2, 0.25) is 0 Å². The Morgan fingerprint density at radius 3 is 0.973 bits per heavy atom. The van der Waals surface area contributed by atoms with Crippen molar-refractivity contribution in [2.24, 2.45) is 0 Å². The highest BCUT2D eigenvalue weighted by Gasteiger charge is 2.26. The first-order chi connectivity index (χ1) is 36.2. The van der Waals surface area contributed by atoms with Crippen molar-refractivity contribution in [3.63, 3.8) is 0 Å². The van der Waals surface area contributed by atoms with E-state index in [2.05, 4.69) is 298 Å². The lowest BCUT2D eigenvalue weighted by atomic mass is 9.78. The monoisotopic (exact) mass is 929 g/mol. The fourth-order valence-electron chi connectivity index (χ4n) is 10.7. The van der Waals surface area contributed by atoms with E-state index in [9.17, 15) is 0 Å². The molecular weight excluding hydrogens is 879 g/mol. The Morgan fingerprint density at radius 2 is 0.534 bits per heavy atom.